The molecule has 0 atom stereocenters. The highest BCUT2D eigenvalue weighted by Gasteiger charge is 2.37. The zero-order valence-electron chi connectivity index (χ0n) is 11.8. The minimum Gasteiger partial charge on any atom is -0.492 e. The molecule has 3 nitrogen and oxygen atoms in total. The van der Waals surface area contributed by atoms with Crippen LogP contribution in [0.25, 0.3) is 11.0 Å². The molecule has 7 heteroatoms. The number of fused-ring (bicyclic) bond motifs is 1. The zero-order valence-corrected chi connectivity index (χ0v) is 12.6. The molecule has 2 aromatic carbocycles. The number of halogens is 4. The van der Waals surface area contributed by atoms with E-state index in [1.165, 1.54) is 0 Å². The first-order valence-corrected chi connectivity index (χ1v) is 7.24. The number of para-hydroxylation sites is 2. The lowest BCUT2D eigenvalue weighted by atomic mass is 10.3. The molecule has 0 amide bonds. The van der Waals surface area contributed by atoms with Crippen LogP contribution in [0.5, 0.6) is 5.75 Å². The molecule has 120 valence electrons. The highest BCUT2D eigenvalue weighted by molar-refractivity contribution is 6.30. The molecule has 0 bridgehead atoms. The van der Waals surface area contributed by atoms with Gasteiger partial charge in [-0.15, -0.1) is 0 Å². The van der Waals surface area contributed by atoms with Gasteiger partial charge in [-0.05, 0) is 36.4 Å². The maximum Gasteiger partial charge on any atom is 0.449 e. The second-order valence-corrected chi connectivity index (χ2v) is 5.31. The molecule has 0 saturated carbocycles. The van der Waals surface area contributed by atoms with Crippen molar-refractivity contribution in [3.8, 4) is 5.75 Å². The molecule has 0 aliphatic carbocycles. The number of aromatic nitrogens is 2. The third kappa shape index (κ3) is 3.42. The van der Waals surface area contributed by atoms with Crippen molar-refractivity contribution < 1.29 is 17.9 Å². The molecule has 1 heterocycles. The molecular formula is C16H12ClF3N2O. The molecule has 23 heavy (non-hydrogen) atoms. The predicted molar refractivity (Wildman–Crippen MR) is 81.7 cm³/mol. The Bertz CT molecular complexity index is 812. The summed E-state index contributed by atoms with van der Waals surface area (Å²) in [6.45, 7) is 0.128. The maximum absolute atomic E-state index is 13.1. The van der Waals surface area contributed by atoms with Gasteiger partial charge in [0.2, 0.25) is 5.82 Å². The minimum absolute atomic E-state index is 0.0397. The summed E-state index contributed by atoms with van der Waals surface area (Å²) in [4.78, 5) is 3.69. The summed E-state index contributed by atoms with van der Waals surface area (Å²) in [5.41, 5.74) is 0.742. The quantitative estimate of drug-likeness (QED) is 0.683. The second kappa shape index (κ2) is 6.12. The molecule has 1 aromatic heterocycles. The zero-order chi connectivity index (χ0) is 16.4. The van der Waals surface area contributed by atoms with Crippen LogP contribution >= 0.6 is 11.6 Å². The molecule has 0 radical (unpaired) electrons. The van der Waals surface area contributed by atoms with Gasteiger partial charge in [0.05, 0.1) is 17.6 Å². The number of imidazole rings is 1. The summed E-state index contributed by atoms with van der Waals surface area (Å²) in [6, 6.07) is 13.2. The smallest absolute Gasteiger partial charge is 0.449 e. The van der Waals surface area contributed by atoms with Gasteiger partial charge < -0.3 is 9.30 Å². The summed E-state index contributed by atoms with van der Waals surface area (Å²) in [6.07, 6.45) is -4.51. The molecule has 0 aliphatic rings. The summed E-state index contributed by atoms with van der Waals surface area (Å²) < 4.78 is 46.0. The number of ether oxygens (including phenoxy) is 1. The van der Waals surface area contributed by atoms with Crippen LogP contribution in [0.2, 0.25) is 5.02 Å². The number of alkyl halides is 3. The Morgan fingerprint density at radius 1 is 1.04 bits per heavy atom. The van der Waals surface area contributed by atoms with E-state index >= 15 is 0 Å². The van der Waals surface area contributed by atoms with Crippen molar-refractivity contribution in [3.63, 3.8) is 0 Å². The normalized spacial score (nSPS) is 11.8. The summed E-state index contributed by atoms with van der Waals surface area (Å²) in [7, 11) is 0. The van der Waals surface area contributed by atoms with E-state index in [9.17, 15) is 13.2 Å². The van der Waals surface area contributed by atoms with Crippen molar-refractivity contribution in [2.75, 3.05) is 6.61 Å². The summed E-state index contributed by atoms with van der Waals surface area (Å²) >= 11 is 5.77. The standard InChI is InChI=1S/C16H12ClF3N2O/c17-11-5-7-12(8-6-11)23-10-9-22-14-4-2-1-3-13(14)21-15(22)16(18,19)20/h1-8H,9-10H2. The highest BCUT2D eigenvalue weighted by atomic mass is 35.5. The maximum atomic E-state index is 13.1. The Labute approximate surface area is 135 Å². The molecule has 0 fully saturated rings. The summed E-state index contributed by atoms with van der Waals surface area (Å²) in [5, 5.41) is 0.567. The predicted octanol–water partition coefficient (Wildman–Crippen LogP) is 4.79. The molecule has 0 aliphatic heterocycles. The van der Waals surface area contributed by atoms with E-state index in [0.717, 1.165) is 4.57 Å². The van der Waals surface area contributed by atoms with Crippen LogP contribution in [0.1, 0.15) is 5.82 Å². The lowest BCUT2D eigenvalue weighted by molar-refractivity contribution is -0.147. The van der Waals surface area contributed by atoms with E-state index in [0.29, 0.717) is 21.8 Å². The number of hydrogen-bond donors (Lipinski definition) is 0. The monoisotopic (exact) mass is 340 g/mol. The van der Waals surface area contributed by atoms with Gasteiger partial charge in [0.1, 0.15) is 12.4 Å². The number of nitrogens with zero attached hydrogens (tertiary/aromatic N) is 2. The molecule has 3 rings (SSSR count). The van der Waals surface area contributed by atoms with E-state index in [1.807, 2.05) is 0 Å². The second-order valence-electron chi connectivity index (χ2n) is 4.88. The SMILES string of the molecule is FC(F)(F)c1nc2ccccc2n1CCOc1ccc(Cl)cc1. The van der Waals surface area contributed by atoms with Crippen molar-refractivity contribution >= 4 is 22.6 Å². The Morgan fingerprint density at radius 3 is 2.43 bits per heavy atom. The first-order chi connectivity index (χ1) is 10.9. The van der Waals surface area contributed by atoms with Gasteiger partial charge in [0, 0.05) is 5.02 Å². The summed E-state index contributed by atoms with van der Waals surface area (Å²) in [5.74, 6) is -0.370. The van der Waals surface area contributed by atoms with Crippen LogP contribution in [0.3, 0.4) is 0 Å². The third-order valence-electron chi connectivity index (χ3n) is 3.31. The van der Waals surface area contributed by atoms with Crippen LogP contribution in [-0.4, -0.2) is 16.2 Å². The highest BCUT2D eigenvalue weighted by Crippen LogP contribution is 2.31. The Hall–Kier alpha value is -2.21. The van der Waals surface area contributed by atoms with Gasteiger partial charge in [-0.2, -0.15) is 13.2 Å². The third-order valence-corrected chi connectivity index (χ3v) is 3.56. The lowest BCUT2D eigenvalue weighted by Crippen LogP contribution is -2.18. The minimum atomic E-state index is -4.51. The number of rotatable bonds is 4. The van der Waals surface area contributed by atoms with E-state index < -0.39 is 12.0 Å². The van der Waals surface area contributed by atoms with Gasteiger partial charge >= 0.3 is 6.18 Å². The van der Waals surface area contributed by atoms with Crippen LogP contribution in [0.4, 0.5) is 13.2 Å². The Morgan fingerprint density at radius 2 is 1.74 bits per heavy atom. The largest absolute Gasteiger partial charge is 0.492 e. The fourth-order valence-electron chi connectivity index (χ4n) is 2.30. The molecular weight excluding hydrogens is 329 g/mol. The number of hydrogen-bond acceptors (Lipinski definition) is 2. The first-order valence-electron chi connectivity index (χ1n) is 6.86. The Kier molecular flexibility index (Phi) is 4.17. The molecule has 0 saturated heterocycles. The average molecular weight is 341 g/mol. The molecule has 0 N–H and O–H groups in total. The van der Waals surface area contributed by atoms with Crippen LogP contribution in [0.15, 0.2) is 48.5 Å². The van der Waals surface area contributed by atoms with Crippen LogP contribution < -0.4 is 4.74 Å². The molecule has 3 aromatic rings. The van der Waals surface area contributed by atoms with Crippen molar-refractivity contribution in [2.24, 2.45) is 0 Å². The first kappa shape index (κ1) is 15.7. The Balaban J connectivity index is 1.82. The van der Waals surface area contributed by atoms with Gasteiger partial charge in [-0.25, -0.2) is 4.98 Å². The van der Waals surface area contributed by atoms with Crippen molar-refractivity contribution in [1.82, 2.24) is 9.55 Å². The van der Waals surface area contributed by atoms with Gasteiger partial charge in [0.15, 0.2) is 0 Å². The van der Waals surface area contributed by atoms with Crippen molar-refractivity contribution in [3.05, 3.63) is 59.4 Å². The number of benzene rings is 2. The van der Waals surface area contributed by atoms with E-state index in [-0.39, 0.29) is 13.2 Å². The van der Waals surface area contributed by atoms with E-state index in [1.54, 1.807) is 48.5 Å². The van der Waals surface area contributed by atoms with Crippen molar-refractivity contribution in [2.45, 2.75) is 12.7 Å². The average Bonchev–Trinajstić information content (AvgIpc) is 2.89. The fraction of sp³-hybridized carbons (Fsp3) is 0.188. The van der Waals surface area contributed by atoms with Gasteiger partial charge in [-0.1, -0.05) is 23.7 Å². The van der Waals surface area contributed by atoms with Crippen molar-refractivity contribution in [1.29, 1.82) is 0 Å². The molecule has 0 spiro atoms. The fourth-order valence-corrected chi connectivity index (χ4v) is 2.43. The van der Waals surface area contributed by atoms with Gasteiger partial charge in [-0.3, -0.25) is 0 Å². The van der Waals surface area contributed by atoms with Gasteiger partial charge in [0.25, 0.3) is 0 Å². The van der Waals surface area contributed by atoms with Crippen LogP contribution in [0, 0.1) is 0 Å². The van der Waals surface area contributed by atoms with Crippen LogP contribution in [-0.2, 0) is 12.7 Å². The lowest BCUT2D eigenvalue weighted by Gasteiger charge is -2.12. The topological polar surface area (TPSA) is 27.1 Å². The molecule has 0 unspecified atom stereocenters. The van der Waals surface area contributed by atoms with E-state index in [4.69, 9.17) is 16.3 Å². The van der Waals surface area contributed by atoms with E-state index in [2.05, 4.69) is 4.98 Å².